The summed E-state index contributed by atoms with van der Waals surface area (Å²) < 4.78 is 11.3. The van der Waals surface area contributed by atoms with Gasteiger partial charge in [-0.15, -0.1) is 0 Å². The summed E-state index contributed by atoms with van der Waals surface area (Å²) in [6.45, 7) is 1.97. The minimum atomic E-state index is -0.542. The Bertz CT molecular complexity index is 1450. The van der Waals surface area contributed by atoms with Crippen LogP contribution in [0.4, 0.5) is 5.69 Å². The molecule has 1 atom stereocenters. The molecule has 1 aromatic carbocycles. The summed E-state index contributed by atoms with van der Waals surface area (Å²) in [5.74, 6) is -0.578. The maximum atomic E-state index is 13.5. The van der Waals surface area contributed by atoms with Crippen LogP contribution >= 0.6 is 0 Å². The van der Waals surface area contributed by atoms with Crippen molar-refractivity contribution in [3.63, 3.8) is 0 Å². The van der Waals surface area contributed by atoms with Crippen molar-refractivity contribution in [2.75, 3.05) is 19.0 Å². The van der Waals surface area contributed by atoms with Gasteiger partial charge in [0.15, 0.2) is 12.0 Å². The van der Waals surface area contributed by atoms with E-state index in [1.165, 1.54) is 26.4 Å². The molecule has 4 heterocycles. The Morgan fingerprint density at radius 1 is 0.974 bits per heavy atom. The van der Waals surface area contributed by atoms with E-state index in [1.54, 1.807) is 12.4 Å². The van der Waals surface area contributed by atoms with Crippen LogP contribution in [0.1, 0.15) is 36.5 Å². The minimum absolute atomic E-state index is 0.182. The number of ether oxygens (including phenoxy) is 2. The molecule has 1 aliphatic rings. The molecule has 10 nitrogen and oxygen atoms in total. The second kappa shape index (κ2) is 11.3. The zero-order chi connectivity index (χ0) is 26.5. The van der Waals surface area contributed by atoms with Crippen molar-refractivity contribution in [1.82, 2.24) is 20.4 Å². The van der Waals surface area contributed by atoms with Gasteiger partial charge in [0.2, 0.25) is 5.91 Å². The Hall–Kier alpha value is -4.41. The lowest BCUT2D eigenvalue weighted by atomic mass is 10.00. The van der Waals surface area contributed by atoms with Gasteiger partial charge in [0.25, 0.3) is 5.91 Å². The number of carbonyl (C=O) groups excluding carboxylic acids is 2. The highest BCUT2D eigenvalue weighted by atomic mass is 16.8. The molecule has 2 N–H and O–H groups in total. The van der Waals surface area contributed by atoms with E-state index in [4.69, 9.17) is 19.3 Å². The number of aromatic nitrogens is 3. The van der Waals surface area contributed by atoms with Gasteiger partial charge in [-0.1, -0.05) is 24.3 Å². The first-order chi connectivity index (χ1) is 18.5. The molecule has 1 unspecified atom stereocenters. The van der Waals surface area contributed by atoms with Crippen molar-refractivity contribution in [3.8, 4) is 28.1 Å². The zero-order valence-electron chi connectivity index (χ0n) is 21.1. The Morgan fingerprint density at radius 3 is 2.39 bits per heavy atom. The molecule has 0 bridgehead atoms. The summed E-state index contributed by atoms with van der Waals surface area (Å²) in [4.78, 5) is 44.1. The van der Waals surface area contributed by atoms with E-state index < -0.39 is 12.2 Å². The zero-order valence-corrected chi connectivity index (χ0v) is 21.1. The number of hydrogen-bond donors (Lipinski definition) is 2. The molecule has 1 fully saturated rings. The monoisotopic (exact) mass is 513 g/mol. The molecule has 3 aromatic heterocycles. The lowest BCUT2D eigenvalue weighted by molar-refractivity contribution is -0.186. The van der Waals surface area contributed by atoms with Gasteiger partial charge >= 0.3 is 0 Å². The van der Waals surface area contributed by atoms with Crippen molar-refractivity contribution < 1.29 is 23.9 Å². The predicted molar refractivity (Wildman–Crippen MR) is 141 cm³/mol. The van der Waals surface area contributed by atoms with E-state index in [0.29, 0.717) is 35.3 Å². The first-order valence-corrected chi connectivity index (χ1v) is 12.3. The number of pyridine rings is 3. The highest BCUT2D eigenvalue weighted by Gasteiger charge is 2.26. The standard InChI is InChI=1S/C28H27N5O5/c1-17(34)31-22-16-30-15-21-24(28(35)33-38-23-5-3-4-14-37-23)27(36-2)25(32-26(21)22)20-8-6-18(7-9-20)19-10-12-29-13-11-19/h6-13,15-16,23H,3-5,14H2,1-2H3,(H,31,34)(H,33,35). The van der Waals surface area contributed by atoms with Crippen molar-refractivity contribution in [3.05, 3.63) is 66.7 Å². The summed E-state index contributed by atoms with van der Waals surface area (Å²) in [5, 5.41) is 3.15. The lowest BCUT2D eigenvalue weighted by Gasteiger charge is -2.23. The minimum Gasteiger partial charge on any atom is -0.494 e. The Morgan fingerprint density at radius 2 is 1.71 bits per heavy atom. The SMILES string of the molecule is COc1c(-c2ccc(-c3ccncc3)cc2)nc2c(NC(C)=O)cncc2c1C(=O)NOC1CCCCO1. The molecular weight excluding hydrogens is 486 g/mol. The number of methoxy groups -OCH3 is 1. The smallest absolute Gasteiger partial charge is 0.279 e. The summed E-state index contributed by atoms with van der Waals surface area (Å²) >= 11 is 0. The molecule has 0 aliphatic carbocycles. The van der Waals surface area contributed by atoms with Gasteiger partial charge in [0.1, 0.15) is 5.69 Å². The number of nitrogens with one attached hydrogen (secondary N) is 2. The van der Waals surface area contributed by atoms with Gasteiger partial charge in [-0.05, 0) is 36.1 Å². The Kier molecular flexibility index (Phi) is 7.52. The number of carbonyl (C=O) groups is 2. The first-order valence-electron chi connectivity index (χ1n) is 12.3. The van der Waals surface area contributed by atoms with Crippen molar-refractivity contribution in [2.45, 2.75) is 32.5 Å². The van der Waals surface area contributed by atoms with E-state index in [2.05, 4.69) is 20.8 Å². The fourth-order valence-electron chi connectivity index (χ4n) is 4.40. The molecule has 4 aromatic rings. The Balaban J connectivity index is 1.61. The quantitative estimate of drug-likeness (QED) is 0.346. The number of hydrogen-bond acceptors (Lipinski definition) is 8. The molecule has 0 saturated carbocycles. The second-order valence-corrected chi connectivity index (χ2v) is 8.79. The molecule has 10 heteroatoms. The molecule has 1 saturated heterocycles. The van der Waals surface area contributed by atoms with Gasteiger partial charge in [0.05, 0.1) is 30.1 Å². The molecule has 1 aliphatic heterocycles. The van der Waals surface area contributed by atoms with Crippen LogP contribution in [0.2, 0.25) is 0 Å². The fourth-order valence-corrected chi connectivity index (χ4v) is 4.40. The molecule has 5 rings (SSSR count). The summed E-state index contributed by atoms with van der Waals surface area (Å²) in [6.07, 6.45) is 8.54. The average molecular weight is 514 g/mol. The Labute approximate surface area is 219 Å². The van der Waals surface area contributed by atoms with E-state index in [0.717, 1.165) is 29.5 Å². The van der Waals surface area contributed by atoms with Crippen LogP contribution in [0.15, 0.2) is 61.2 Å². The van der Waals surface area contributed by atoms with Crippen LogP contribution in [0.3, 0.4) is 0 Å². The fraction of sp³-hybridized carbons (Fsp3) is 0.250. The first kappa shape index (κ1) is 25.2. The second-order valence-electron chi connectivity index (χ2n) is 8.79. The third-order valence-corrected chi connectivity index (χ3v) is 6.19. The summed E-state index contributed by atoms with van der Waals surface area (Å²) in [6, 6.07) is 11.6. The summed E-state index contributed by atoms with van der Waals surface area (Å²) in [5.41, 5.74) is 6.63. The van der Waals surface area contributed by atoms with Crippen molar-refractivity contribution in [1.29, 1.82) is 0 Å². The molecule has 0 spiro atoms. The van der Waals surface area contributed by atoms with Gasteiger partial charge < -0.3 is 14.8 Å². The van der Waals surface area contributed by atoms with Gasteiger partial charge in [-0.2, -0.15) is 0 Å². The predicted octanol–water partition coefficient (Wildman–Crippen LogP) is 4.51. The van der Waals surface area contributed by atoms with Crippen LogP contribution in [-0.4, -0.2) is 46.8 Å². The number of amides is 2. The maximum absolute atomic E-state index is 13.5. The van der Waals surface area contributed by atoms with Crippen LogP contribution in [-0.2, 0) is 14.4 Å². The number of nitrogens with zero attached hydrogens (tertiary/aromatic N) is 3. The summed E-state index contributed by atoms with van der Waals surface area (Å²) in [7, 11) is 1.48. The average Bonchev–Trinajstić information content (AvgIpc) is 2.96. The third kappa shape index (κ3) is 5.31. The highest BCUT2D eigenvalue weighted by Crippen LogP contribution is 2.38. The number of rotatable bonds is 7. The van der Waals surface area contributed by atoms with E-state index in [-0.39, 0.29) is 17.2 Å². The number of fused-ring (bicyclic) bond motifs is 1. The van der Waals surface area contributed by atoms with Crippen LogP contribution in [0.5, 0.6) is 5.75 Å². The van der Waals surface area contributed by atoms with E-state index >= 15 is 0 Å². The maximum Gasteiger partial charge on any atom is 0.279 e. The van der Waals surface area contributed by atoms with Crippen molar-refractivity contribution >= 4 is 28.4 Å². The number of benzene rings is 1. The molecule has 2 amide bonds. The lowest BCUT2D eigenvalue weighted by Crippen LogP contribution is -2.33. The largest absolute Gasteiger partial charge is 0.494 e. The molecular formula is C28H27N5O5. The number of anilines is 1. The van der Waals surface area contributed by atoms with Gasteiger partial charge in [0, 0.05) is 49.5 Å². The van der Waals surface area contributed by atoms with Crippen molar-refractivity contribution in [2.24, 2.45) is 0 Å². The molecule has 0 radical (unpaired) electrons. The third-order valence-electron chi connectivity index (χ3n) is 6.19. The molecule has 38 heavy (non-hydrogen) atoms. The normalized spacial score (nSPS) is 15.2. The number of hydroxylamine groups is 1. The van der Waals surface area contributed by atoms with Crippen LogP contribution in [0.25, 0.3) is 33.3 Å². The van der Waals surface area contributed by atoms with Crippen LogP contribution < -0.4 is 15.5 Å². The van der Waals surface area contributed by atoms with E-state index in [9.17, 15) is 9.59 Å². The van der Waals surface area contributed by atoms with Gasteiger partial charge in [-0.25, -0.2) is 15.3 Å². The van der Waals surface area contributed by atoms with E-state index in [1.807, 2.05) is 36.4 Å². The molecule has 194 valence electrons. The van der Waals surface area contributed by atoms with Gasteiger partial charge in [-0.3, -0.25) is 19.6 Å². The topological polar surface area (TPSA) is 125 Å². The highest BCUT2D eigenvalue weighted by molar-refractivity contribution is 6.13. The van der Waals surface area contributed by atoms with Crippen LogP contribution in [0, 0.1) is 0 Å².